The molecule has 3 N–H and O–H groups in total. The van der Waals surface area contributed by atoms with Gasteiger partial charge in [-0.05, 0) is 62.6 Å². The third-order valence-electron chi connectivity index (χ3n) is 7.13. The van der Waals surface area contributed by atoms with Crippen LogP contribution in [0, 0.1) is 18.7 Å². The van der Waals surface area contributed by atoms with Gasteiger partial charge in [-0.1, -0.05) is 25.1 Å². The molecule has 1 aliphatic heterocycles. The van der Waals surface area contributed by atoms with Gasteiger partial charge in [0.2, 0.25) is 0 Å². The van der Waals surface area contributed by atoms with Gasteiger partial charge in [0, 0.05) is 41.3 Å². The van der Waals surface area contributed by atoms with Gasteiger partial charge >= 0.3 is 5.97 Å². The van der Waals surface area contributed by atoms with Gasteiger partial charge < -0.3 is 20.1 Å². The normalized spacial score (nSPS) is 18.8. The number of aliphatic carboxylic acids is 1. The minimum atomic E-state index is -0.877. The third kappa shape index (κ3) is 5.25. The molecule has 4 rings (SSSR count). The van der Waals surface area contributed by atoms with Crippen LogP contribution in [-0.4, -0.2) is 59.9 Å². The molecule has 36 heavy (non-hydrogen) atoms. The van der Waals surface area contributed by atoms with Crippen LogP contribution < -0.4 is 10.1 Å². The molecule has 0 radical (unpaired) electrons. The molecule has 0 bridgehead atoms. The molecule has 8 heteroatoms. The Balaban J connectivity index is 1.75. The van der Waals surface area contributed by atoms with Gasteiger partial charge in [0.1, 0.15) is 18.2 Å². The lowest BCUT2D eigenvalue weighted by Gasteiger charge is -2.42. The van der Waals surface area contributed by atoms with Gasteiger partial charge in [-0.15, -0.1) is 0 Å². The molecule has 6 nitrogen and oxygen atoms in total. The number of H-pyrrole nitrogens is 1. The van der Waals surface area contributed by atoms with E-state index in [2.05, 4.69) is 28.2 Å². The predicted molar refractivity (Wildman–Crippen MR) is 137 cm³/mol. The summed E-state index contributed by atoms with van der Waals surface area (Å²) in [6.45, 7) is 7.05. The number of carboxylic acid groups (broad SMARTS) is 1. The lowest BCUT2D eigenvalue weighted by atomic mass is 9.86. The molecular weight excluding hydrogens is 464 g/mol. The molecule has 0 saturated carbocycles. The molecule has 3 atom stereocenters. The number of hydrogen-bond donors (Lipinski definition) is 3. The molecule has 0 aliphatic carbocycles. The number of para-hydroxylation sites is 1. The number of aromatic nitrogens is 1. The number of carbonyl (C=O) groups is 1. The highest BCUT2D eigenvalue weighted by molar-refractivity contribution is 5.85. The summed E-state index contributed by atoms with van der Waals surface area (Å²) in [7, 11) is 0. The van der Waals surface area contributed by atoms with E-state index >= 15 is 4.39 Å². The van der Waals surface area contributed by atoms with Crippen LogP contribution in [-0.2, 0) is 11.2 Å². The van der Waals surface area contributed by atoms with Gasteiger partial charge in [0.15, 0.2) is 0 Å². The molecule has 3 aromatic rings. The maximum absolute atomic E-state index is 15.6. The van der Waals surface area contributed by atoms with Crippen molar-refractivity contribution in [2.24, 2.45) is 5.92 Å². The molecule has 2 aromatic carbocycles. The summed E-state index contributed by atoms with van der Waals surface area (Å²) in [6.07, 6.45) is 1.20. The van der Waals surface area contributed by atoms with E-state index in [1.165, 1.54) is 6.07 Å². The van der Waals surface area contributed by atoms with Crippen molar-refractivity contribution in [3.8, 4) is 5.75 Å². The highest BCUT2D eigenvalue weighted by atomic mass is 19.1. The Kier molecular flexibility index (Phi) is 8.26. The minimum Gasteiger partial charge on any atom is -0.492 e. The third-order valence-corrected chi connectivity index (χ3v) is 7.13. The number of aromatic amines is 1. The van der Waals surface area contributed by atoms with Crippen LogP contribution in [0.25, 0.3) is 10.9 Å². The fraction of sp³-hybridized carbons (Fsp3) is 0.464. The highest BCUT2D eigenvalue weighted by Crippen LogP contribution is 2.44. The Morgan fingerprint density at radius 2 is 2.06 bits per heavy atom. The standard InChI is InChI=1S/C28H35F2N3O3/c1-17(28(34)35)16-33-18(2)15-21-20-7-4-5-8-23(20)32-26(21)27(33)25-19(3)24(10-9-22(25)30)36-14-13-31-12-6-11-29/h4-5,7-10,17-18,27,31-32H,6,11-16H2,1-3H3,(H,34,35)/t17?,18-,27-/m1/s1. The first-order valence-corrected chi connectivity index (χ1v) is 12.6. The van der Waals surface area contributed by atoms with E-state index in [9.17, 15) is 14.3 Å². The van der Waals surface area contributed by atoms with Crippen LogP contribution in [0.1, 0.15) is 48.7 Å². The maximum atomic E-state index is 15.6. The first-order chi connectivity index (χ1) is 17.3. The van der Waals surface area contributed by atoms with Gasteiger partial charge in [-0.25, -0.2) is 4.39 Å². The monoisotopic (exact) mass is 499 g/mol. The average molecular weight is 500 g/mol. The SMILES string of the molecule is Cc1c(OCCNCCCF)ccc(F)c1[C@@H]1c2[nH]c3ccccc3c2C[C@@H](C)N1CC(C)C(=O)O. The van der Waals surface area contributed by atoms with Crippen LogP contribution in [0.15, 0.2) is 36.4 Å². The number of benzene rings is 2. The van der Waals surface area contributed by atoms with Gasteiger partial charge in [-0.3, -0.25) is 14.1 Å². The van der Waals surface area contributed by atoms with Gasteiger partial charge in [0.25, 0.3) is 0 Å². The summed E-state index contributed by atoms with van der Waals surface area (Å²) in [5.74, 6) is -1.25. The average Bonchev–Trinajstić information content (AvgIpc) is 3.22. The van der Waals surface area contributed by atoms with E-state index in [1.54, 1.807) is 13.0 Å². The minimum absolute atomic E-state index is 0.00610. The van der Waals surface area contributed by atoms with E-state index in [-0.39, 0.29) is 18.5 Å². The Morgan fingerprint density at radius 3 is 2.81 bits per heavy atom. The number of fused-ring (bicyclic) bond motifs is 3. The topological polar surface area (TPSA) is 77.6 Å². The fourth-order valence-corrected chi connectivity index (χ4v) is 5.21. The fourth-order valence-electron chi connectivity index (χ4n) is 5.21. The van der Waals surface area contributed by atoms with Crippen molar-refractivity contribution in [1.29, 1.82) is 0 Å². The predicted octanol–water partition coefficient (Wildman–Crippen LogP) is 5.00. The number of alkyl halides is 1. The number of nitrogens with one attached hydrogen (secondary N) is 2. The zero-order valence-electron chi connectivity index (χ0n) is 21.1. The van der Waals surface area contributed by atoms with Crippen LogP contribution in [0.4, 0.5) is 8.78 Å². The van der Waals surface area contributed by atoms with Crippen molar-refractivity contribution in [2.45, 2.75) is 45.7 Å². The Hall–Kier alpha value is -2.97. The second-order valence-electron chi connectivity index (χ2n) is 9.68. The summed E-state index contributed by atoms with van der Waals surface area (Å²) < 4.78 is 33.9. The lowest BCUT2D eigenvalue weighted by Crippen LogP contribution is -2.46. The molecule has 0 spiro atoms. The summed E-state index contributed by atoms with van der Waals surface area (Å²) in [4.78, 5) is 17.4. The van der Waals surface area contributed by atoms with Gasteiger partial charge in [0.05, 0.1) is 18.6 Å². The van der Waals surface area contributed by atoms with Crippen LogP contribution in [0.5, 0.6) is 5.75 Å². The van der Waals surface area contributed by atoms with Gasteiger partial charge in [-0.2, -0.15) is 0 Å². The summed E-state index contributed by atoms with van der Waals surface area (Å²) in [5.41, 5.74) is 4.21. The van der Waals surface area contributed by atoms with Crippen molar-refractivity contribution in [3.63, 3.8) is 0 Å². The number of hydrogen-bond acceptors (Lipinski definition) is 4. The zero-order valence-corrected chi connectivity index (χ0v) is 21.1. The van der Waals surface area contributed by atoms with E-state index < -0.39 is 17.9 Å². The van der Waals surface area contributed by atoms with Crippen molar-refractivity contribution >= 4 is 16.9 Å². The van der Waals surface area contributed by atoms with Crippen molar-refractivity contribution in [1.82, 2.24) is 15.2 Å². The molecule has 1 unspecified atom stereocenters. The van der Waals surface area contributed by atoms with E-state index in [4.69, 9.17) is 4.74 Å². The second-order valence-corrected chi connectivity index (χ2v) is 9.68. The number of nitrogens with zero attached hydrogens (tertiary/aromatic N) is 1. The molecule has 0 saturated heterocycles. The Labute approximate surface area is 210 Å². The van der Waals surface area contributed by atoms with E-state index in [0.29, 0.717) is 49.5 Å². The number of halogens is 2. The number of rotatable bonds is 11. The van der Waals surface area contributed by atoms with Crippen molar-refractivity contribution < 1.29 is 23.4 Å². The van der Waals surface area contributed by atoms with Crippen molar-refractivity contribution in [3.05, 3.63) is 64.6 Å². The lowest BCUT2D eigenvalue weighted by molar-refractivity contribution is -0.142. The van der Waals surface area contributed by atoms with E-state index in [0.717, 1.165) is 28.6 Å². The molecule has 0 amide bonds. The first-order valence-electron chi connectivity index (χ1n) is 12.6. The Bertz CT molecular complexity index is 1210. The summed E-state index contributed by atoms with van der Waals surface area (Å²) >= 11 is 0. The quantitative estimate of drug-likeness (QED) is 0.324. The largest absolute Gasteiger partial charge is 0.492 e. The zero-order chi connectivity index (χ0) is 25.8. The smallest absolute Gasteiger partial charge is 0.307 e. The first kappa shape index (κ1) is 26.1. The van der Waals surface area contributed by atoms with Crippen LogP contribution in [0.3, 0.4) is 0 Å². The van der Waals surface area contributed by atoms with Crippen molar-refractivity contribution in [2.75, 3.05) is 32.9 Å². The molecule has 2 heterocycles. The molecule has 0 fully saturated rings. The molecular formula is C28H35F2N3O3. The molecule has 1 aliphatic rings. The van der Waals surface area contributed by atoms with E-state index in [1.807, 2.05) is 25.1 Å². The maximum Gasteiger partial charge on any atom is 0.307 e. The van der Waals surface area contributed by atoms with Crippen LogP contribution in [0.2, 0.25) is 0 Å². The molecule has 194 valence electrons. The second kappa shape index (κ2) is 11.4. The Morgan fingerprint density at radius 1 is 1.28 bits per heavy atom. The number of carboxylic acids is 1. The summed E-state index contributed by atoms with van der Waals surface area (Å²) in [6, 6.07) is 10.6. The number of ether oxygens (including phenoxy) is 1. The summed E-state index contributed by atoms with van der Waals surface area (Å²) in [5, 5.41) is 13.9. The molecule has 1 aromatic heterocycles. The van der Waals surface area contributed by atoms with Crippen LogP contribution >= 0.6 is 0 Å². The highest BCUT2D eigenvalue weighted by Gasteiger charge is 2.39.